The Kier molecular flexibility index (Phi) is 4.56. The third-order valence-corrected chi connectivity index (χ3v) is 4.74. The molecular weight excluding hydrogens is 298 g/mol. The number of oxazole rings is 1. The van der Waals surface area contributed by atoms with E-state index in [1.165, 1.54) is 18.4 Å². The van der Waals surface area contributed by atoms with Crippen LogP contribution in [0, 0.1) is 11.3 Å². The number of hydrazone groups is 1. The molecule has 4 nitrogen and oxygen atoms in total. The third-order valence-electron chi connectivity index (χ3n) is 4.74. The highest BCUT2D eigenvalue weighted by Crippen LogP contribution is 2.41. The van der Waals surface area contributed by atoms with E-state index in [9.17, 15) is 0 Å². The lowest BCUT2D eigenvalue weighted by atomic mass is 9.68. The number of aromatic nitrogens is 1. The van der Waals surface area contributed by atoms with Crippen LogP contribution in [0.25, 0.3) is 11.1 Å². The average molecular weight is 323 g/mol. The molecule has 0 radical (unpaired) electrons. The number of hydrogen-bond donors (Lipinski definition) is 1. The first-order valence-corrected chi connectivity index (χ1v) is 8.46. The molecule has 0 saturated heterocycles. The van der Waals surface area contributed by atoms with E-state index in [-0.39, 0.29) is 0 Å². The fraction of sp³-hybridized carbons (Fsp3) is 0.400. The van der Waals surface area contributed by atoms with Crippen molar-refractivity contribution in [1.29, 1.82) is 0 Å². The van der Waals surface area contributed by atoms with Crippen molar-refractivity contribution in [2.24, 2.45) is 16.4 Å². The van der Waals surface area contributed by atoms with Gasteiger partial charge in [-0.3, -0.25) is 0 Å². The van der Waals surface area contributed by atoms with Gasteiger partial charge in [0.25, 0.3) is 0 Å². The van der Waals surface area contributed by atoms with Crippen LogP contribution in [-0.2, 0) is 0 Å². The van der Waals surface area contributed by atoms with Gasteiger partial charge < -0.3 is 4.42 Å². The molecule has 1 heterocycles. The molecular formula is C20H25N3O. The molecule has 0 saturated carbocycles. The van der Waals surface area contributed by atoms with Gasteiger partial charge in [-0.05, 0) is 50.3 Å². The first-order chi connectivity index (χ1) is 11.5. The number of anilines is 1. The first-order valence-electron chi connectivity index (χ1n) is 8.46. The van der Waals surface area contributed by atoms with Crippen LogP contribution in [0.1, 0.15) is 40.5 Å². The molecule has 1 aromatic carbocycles. The molecule has 24 heavy (non-hydrogen) atoms. The van der Waals surface area contributed by atoms with Gasteiger partial charge in [-0.2, -0.15) is 10.1 Å². The van der Waals surface area contributed by atoms with Crippen LogP contribution in [0.5, 0.6) is 0 Å². The molecule has 1 aliphatic rings. The normalized spacial score (nSPS) is 21.2. The van der Waals surface area contributed by atoms with E-state index in [4.69, 9.17) is 4.42 Å². The Hall–Kier alpha value is -2.36. The number of para-hydroxylation sites is 2. The van der Waals surface area contributed by atoms with Gasteiger partial charge in [0.05, 0.1) is 5.71 Å². The second-order valence-corrected chi connectivity index (χ2v) is 7.16. The Bertz CT molecular complexity index is 778. The second kappa shape index (κ2) is 6.63. The van der Waals surface area contributed by atoms with Crippen molar-refractivity contribution in [2.45, 2.75) is 40.5 Å². The average Bonchev–Trinajstić information content (AvgIpc) is 2.94. The summed E-state index contributed by atoms with van der Waals surface area (Å²) >= 11 is 0. The zero-order valence-corrected chi connectivity index (χ0v) is 14.8. The summed E-state index contributed by atoms with van der Waals surface area (Å²) in [6.45, 7) is 8.86. The van der Waals surface area contributed by atoms with E-state index in [1.54, 1.807) is 0 Å². The minimum atomic E-state index is 0.295. The van der Waals surface area contributed by atoms with Crippen molar-refractivity contribution in [1.82, 2.24) is 4.98 Å². The molecule has 3 rings (SSSR count). The van der Waals surface area contributed by atoms with E-state index < -0.39 is 0 Å². The van der Waals surface area contributed by atoms with Crippen LogP contribution in [0.4, 0.5) is 6.01 Å². The summed E-state index contributed by atoms with van der Waals surface area (Å²) < 4.78 is 5.60. The largest absolute Gasteiger partial charge is 0.422 e. The maximum atomic E-state index is 5.60. The number of nitrogens with zero attached hydrogens (tertiary/aromatic N) is 2. The van der Waals surface area contributed by atoms with Crippen LogP contribution in [-0.4, -0.2) is 10.7 Å². The van der Waals surface area contributed by atoms with Gasteiger partial charge >= 0.3 is 6.01 Å². The lowest BCUT2D eigenvalue weighted by Crippen LogP contribution is -2.26. The van der Waals surface area contributed by atoms with Crippen LogP contribution in [0.2, 0.25) is 0 Å². The highest BCUT2D eigenvalue weighted by Gasteiger charge is 2.30. The predicted molar refractivity (Wildman–Crippen MR) is 100 cm³/mol. The SMILES string of the molecule is CC1=CCCC(C)(C)[C@@H]1/C=C/C(C)=N\Nc1nc2ccccc2o1. The van der Waals surface area contributed by atoms with Crippen molar-refractivity contribution < 1.29 is 4.42 Å². The number of benzene rings is 1. The fourth-order valence-corrected chi connectivity index (χ4v) is 3.31. The molecule has 126 valence electrons. The van der Waals surface area contributed by atoms with Crippen LogP contribution in [0.15, 0.2) is 57.6 Å². The van der Waals surface area contributed by atoms with Gasteiger partial charge in [0.15, 0.2) is 5.58 Å². The molecule has 0 aliphatic heterocycles. The van der Waals surface area contributed by atoms with Gasteiger partial charge in [0.2, 0.25) is 0 Å². The Morgan fingerprint density at radius 3 is 2.92 bits per heavy atom. The maximum absolute atomic E-state index is 5.60. The quantitative estimate of drug-likeness (QED) is 0.455. The van der Waals surface area contributed by atoms with Crippen LogP contribution >= 0.6 is 0 Å². The lowest BCUT2D eigenvalue weighted by Gasteiger charge is -2.36. The molecule has 2 aromatic rings. The minimum Gasteiger partial charge on any atom is -0.422 e. The Labute approximate surface area is 143 Å². The van der Waals surface area contributed by atoms with Crippen molar-refractivity contribution in [3.05, 3.63) is 48.1 Å². The monoisotopic (exact) mass is 323 g/mol. The summed E-state index contributed by atoms with van der Waals surface area (Å²) in [5.74, 6) is 0.459. The zero-order chi connectivity index (χ0) is 17.2. The van der Waals surface area contributed by atoms with Crippen LogP contribution in [0.3, 0.4) is 0 Å². The van der Waals surface area contributed by atoms with Crippen molar-refractivity contribution in [2.75, 3.05) is 5.43 Å². The van der Waals surface area contributed by atoms with Gasteiger partial charge in [0, 0.05) is 5.92 Å². The van der Waals surface area contributed by atoms with E-state index in [0.717, 1.165) is 16.8 Å². The van der Waals surface area contributed by atoms with Crippen molar-refractivity contribution in [3.63, 3.8) is 0 Å². The standard InChI is InChI=1S/C20H25N3O/c1-14-8-7-13-20(3,4)16(14)12-11-15(2)22-23-19-21-17-9-5-6-10-18(17)24-19/h5-6,8-12,16H,7,13H2,1-4H3,(H,21,23)/b12-11+,22-15-/t16-/m1/s1. The number of nitrogens with one attached hydrogen (secondary N) is 1. The summed E-state index contributed by atoms with van der Waals surface area (Å²) in [7, 11) is 0. The number of hydrogen-bond acceptors (Lipinski definition) is 4. The van der Waals surface area contributed by atoms with Gasteiger partial charge in [-0.1, -0.05) is 43.7 Å². The smallest absolute Gasteiger partial charge is 0.316 e. The number of rotatable bonds is 4. The second-order valence-electron chi connectivity index (χ2n) is 7.16. The molecule has 0 amide bonds. The summed E-state index contributed by atoms with van der Waals surface area (Å²) in [6.07, 6.45) is 9.08. The molecule has 0 unspecified atom stereocenters. The van der Waals surface area contributed by atoms with Crippen molar-refractivity contribution >= 4 is 22.8 Å². The van der Waals surface area contributed by atoms with Gasteiger partial charge in [-0.25, -0.2) is 5.43 Å². The fourth-order valence-electron chi connectivity index (χ4n) is 3.31. The summed E-state index contributed by atoms with van der Waals surface area (Å²) in [4.78, 5) is 4.35. The molecule has 1 aromatic heterocycles. The molecule has 0 spiro atoms. The molecule has 1 aliphatic carbocycles. The maximum Gasteiger partial charge on any atom is 0.316 e. The molecule has 1 atom stereocenters. The topological polar surface area (TPSA) is 50.4 Å². The zero-order valence-electron chi connectivity index (χ0n) is 14.8. The lowest BCUT2D eigenvalue weighted by molar-refractivity contribution is 0.255. The number of fused-ring (bicyclic) bond motifs is 1. The molecule has 0 fully saturated rings. The molecule has 1 N–H and O–H groups in total. The minimum absolute atomic E-state index is 0.295. The van der Waals surface area contributed by atoms with Crippen LogP contribution < -0.4 is 5.43 Å². The van der Waals surface area contributed by atoms with Gasteiger partial charge in [0.1, 0.15) is 5.52 Å². The Morgan fingerprint density at radius 2 is 2.17 bits per heavy atom. The van der Waals surface area contributed by atoms with E-state index in [1.807, 2.05) is 31.2 Å². The number of allylic oxidation sites excluding steroid dienone is 4. The summed E-state index contributed by atoms with van der Waals surface area (Å²) in [6, 6.07) is 8.09. The predicted octanol–water partition coefficient (Wildman–Crippen LogP) is 5.55. The van der Waals surface area contributed by atoms with E-state index >= 15 is 0 Å². The Balaban J connectivity index is 1.69. The Morgan fingerprint density at radius 1 is 1.38 bits per heavy atom. The highest BCUT2D eigenvalue weighted by molar-refractivity contribution is 5.93. The first kappa shape index (κ1) is 16.5. The highest BCUT2D eigenvalue weighted by atomic mass is 16.4. The van der Waals surface area contributed by atoms with Gasteiger partial charge in [-0.15, -0.1) is 0 Å². The van der Waals surface area contributed by atoms with Crippen molar-refractivity contribution in [3.8, 4) is 0 Å². The molecule has 0 bridgehead atoms. The van der Waals surface area contributed by atoms with E-state index in [2.05, 4.69) is 54.5 Å². The summed E-state index contributed by atoms with van der Waals surface area (Å²) in [5.41, 5.74) is 7.12. The molecule has 4 heteroatoms. The van der Waals surface area contributed by atoms with E-state index in [0.29, 0.717) is 17.3 Å². The summed E-state index contributed by atoms with van der Waals surface area (Å²) in [5, 5.41) is 4.35. The third kappa shape index (κ3) is 3.58.